The predicted octanol–water partition coefficient (Wildman–Crippen LogP) is 4.39. The summed E-state index contributed by atoms with van der Waals surface area (Å²) in [6, 6.07) is 7.84. The lowest BCUT2D eigenvalue weighted by Gasteiger charge is -2.21. The summed E-state index contributed by atoms with van der Waals surface area (Å²) < 4.78 is 1.15. The summed E-state index contributed by atoms with van der Waals surface area (Å²) in [4.78, 5) is 22.0. The van der Waals surface area contributed by atoms with Crippen LogP contribution in [0.1, 0.15) is 48.3 Å². The number of nitrogens with zero attached hydrogens (tertiary/aromatic N) is 3. The molecule has 1 amide bonds. The van der Waals surface area contributed by atoms with E-state index >= 15 is 0 Å². The highest BCUT2D eigenvalue weighted by Crippen LogP contribution is 2.26. The first-order chi connectivity index (χ1) is 12.3. The maximum absolute atomic E-state index is 12.7. The van der Waals surface area contributed by atoms with Gasteiger partial charge in [-0.1, -0.05) is 20.8 Å². The van der Waals surface area contributed by atoms with Crippen LogP contribution in [-0.4, -0.2) is 46.9 Å². The smallest absolute Gasteiger partial charge is 0.253 e. The van der Waals surface area contributed by atoms with Gasteiger partial charge in [0.05, 0.1) is 10.7 Å². The molecular weight excluding hydrogens is 457 g/mol. The minimum Gasteiger partial charge on any atom is -0.337 e. The van der Waals surface area contributed by atoms with Gasteiger partial charge in [0.25, 0.3) is 5.91 Å². The number of halogens is 1. The molecule has 0 aliphatic carbocycles. The van der Waals surface area contributed by atoms with Crippen molar-refractivity contribution in [3.8, 4) is 0 Å². The minimum atomic E-state index is 0.110. The topological polar surface area (TPSA) is 36.4 Å². The molecule has 2 heterocycles. The first-order valence-corrected chi connectivity index (χ1v) is 11.0. The largest absolute Gasteiger partial charge is 0.337 e. The van der Waals surface area contributed by atoms with E-state index in [-0.39, 0.29) is 11.3 Å². The van der Waals surface area contributed by atoms with Gasteiger partial charge in [-0.2, -0.15) is 0 Å². The molecule has 1 aliphatic rings. The van der Waals surface area contributed by atoms with E-state index in [1.807, 2.05) is 29.2 Å². The van der Waals surface area contributed by atoms with Crippen molar-refractivity contribution in [2.24, 2.45) is 0 Å². The summed E-state index contributed by atoms with van der Waals surface area (Å²) in [6.45, 7) is 11.0. The van der Waals surface area contributed by atoms with Crippen LogP contribution in [0.4, 0.5) is 0 Å². The lowest BCUT2D eigenvalue weighted by molar-refractivity contribution is 0.0761. The molecule has 1 aromatic heterocycles. The van der Waals surface area contributed by atoms with E-state index in [0.29, 0.717) is 0 Å². The van der Waals surface area contributed by atoms with Crippen LogP contribution in [0.2, 0.25) is 0 Å². The van der Waals surface area contributed by atoms with E-state index in [0.717, 1.165) is 54.0 Å². The van der Waals surface area contributed by atoms with Crippen LogP contribution in [-0.2, 0) is 12.0 Å². The quantitative estimate of drug-likeness (QED) is 0.608. The summed E-state index contributed by atoms with van der Waals surface area (Å²) in [5, 5.41) is 3.37. The molecule has 6 heteroatoms. The van der Waals surface area contributed by atoms with E-state index in [9.17, 15) is 4.79 Å². The maximum atomic E-state index is 12.7. The van der Waals surface area contributed by atoms with Crippen LogP contribution in [0, 0.1) is 3.57 Å². The molecule has 26 heavy (non-hydrogen) atoms. The molecule has 1 aliphatic heterocycles. The van der Waals surface area contributed by atoms with Crippen LogP contribution in [0.3, 0.4) is 0 Å². The Morgan fingerprint density at radius 3 is 2.54 bits per heavy atom. The Balaban J connectivity index is 1.58. The van der Waals surface area contributed by atoms with E-state index < -0.39 is 0 Å². The standard InChI is InChI=1S/C20H26IN3OS/c1-20(2,3)19-22-17(14-26-19)13-23-9-4-10-24(12-11-23)18(25)15-5-7-16(21)8-6-15/h5-8,14H,4,9-13H2,1-3H3. The fourth-order valence-electron chi connectivity index (χ4n) is 3.06. The summed E-state index contributed by atoms with van der Waals surface area (Å²) in [6.07, 6.45) is 1.01. The number of thiazole rings is 1. The molecule has 0 radical (unpaired) electrons. The van der Waals surface area contributed by atoms with E-state index in [1.165, 1.54) is 5.01 Å². The average molecular weight is 483 g/mol. The van der Waals surface area contributed by atoms with Gasteiger partial charge in [0, 0.05) is 52.7 Å². The first kappa shape index (κ1) is 19.8. The van der Waals surface area contributed by atoms with Gasteiger partial charge in [-0.25, -0.2) is 4.98 Å². The van der Waals surface area contributed by atoms with E-state index in [2.05, 4.69) is 53.6 Å². The van der Waals surface area contributed by atoms with Gasteiger partial charge >= 0.3 is 0 Å². The van der Waals surface area contributed by atoms with Crippen molar-refractivity contribution in [2.45, 2.75) is 39.2 Å². The molecule has 0 N–H and O–H groups in total. The van der Waals surface area contributed by atoms with Gasteiger partial charge in [-0.05, 0) is 53.3 Å². The molecule has 0 spiro atoms. The number of hydrogen-bond donors (Lipinski definition) is 0. The first-order valence-electron chi connectivity index (χ1n) is 9.05. The summed E-state index contributed by atoms with van der Waals surface area (Å²) in [7, 11) is 0. The number of hydrogen-bond acceptors (Lipinski definition) is 4. The summed E-state index contributed by atoms with van der Waals surface area (Å²) in [5.74, 6) is 0.145. The molecule has 1 aromatic carbocycles. The Labute approximate surface area is 173 Å². The average Bonchev–Trinajstić information content (AvgIpc) is 2.94. The highest BCUT2D eigenvalue weighted by molar-refractivity contribution is 14.1. The zero-order valence-corrected chi connectivity index (χ0v) is 18.6. The van der Waals surface area contributed by atoms with Gasteiger partial charge in [0.15, 0.2) is 0 Å². The number of rotatable bonds is 3. The number of amides is 1. The van der Waals surface area contributed by atoms with Crippen LogP contribution in [0.15, 0.2) is 29.6 Å². The van der Waals surface area contributed by atoms with Crippen LogP contribution < -0.4 is 0 Å². The monoisotopic (exact) mass is 483 g/mol. The lowest BCUT2D eigenvalue weighted by atomic mass is 9.98. The second-order valence-corrected chi connectivity index (χ2v) is 9.93. The zero-order chi connectivity index (χ0) is 18.7. The molecule has 1 saturated heterocycles. The predicted molar refractivity (Wildman–Crippen MR) is 116 cm³/mol. The van der Waals surface area contributed by atoms with Crippen LogP contribution in [0.25, 0.3) is 0 Å². The molecule has 3 rings (SSSR count). The third-order valence-electron chi connectivity index (χ3n) is 4.55. The zero-order valence-electron chi connectivity index (χ0n) is 15.7. The van der Waals surface area contributed by atoms with Gasteiger partial charge in [-0.3, -0.25) is 9.69 Å². The van der Waals surface area contributed by atoms with Gasteiger partial charge in [0.2, 0.25) is 0 Å². The van der Waals surface area contributed by atoms with Crippen molar-refractivity contribution >= 4 is 39.8 Å². The van der Waals surface area contributed by atoms with Crippen molar-refractivity contribution < 1.29 is 4.79 Å². The molecule has 140 valence electrons. The molecule has 0 bridgehead atoms. The fraction of sp³-hybridized carbons (Fsp3) is 0.500. The van der Waals surface area contributed by atoms with Crippen molar-refractivity contribution in [2.75, 3.05) is 26.2 Å². The van der Waals surface area contributed by atoms with Crippen LogP contribution in [0.5, 0.6) is 0 Å². The van der Waals surface area contributed by atoms with Crippen molar-refractivity contribution in [3.05, 3.63) is 49.5 Å². The highest BCUT2D eigenvalue weighted by atomic mass is 127. The summed E-state index contributed by atoms with van der Waals surface area (Å²) in [5.41, 5.74) is 2.05. The van der Waals surface area contributed by atoms with Gasteiger partial charge in [0.1, 0.15) is 0 Å². The Morgan fingerprint density at radius 1 is 1.15 bits per heavy atom. The number of aromatic nitrogens is 1. The summed E-state index contributed by atoms with van der Waals surface area (Å²) >= 11 is 4.01. The maximum Gasteiger partial charge on any atom is 0.253 e. The second kappa shape index (κ2) is 8.35. The SMILES string of the molecule is CC(C)(C)c1nc(CN2CCCN(C(=O)c3ccc(I)cc3)CC2)cs1. The van der Waals surface area contributed by atoms with Crippen molar-refractivity contribution in [3.63, 3.8) is 0 Å². The Morgan fingerprint density at radius 2 is 1.88 bits per heavy atom. The molecule has 4 nitrogen and oxygen atoms in total. The Hall–Kier alpha value is -0.990. The van der Waals surface area contributed by atoms with E-state index in [1.54, 1.807) is 11.3 Å². The van der Waals surface area contributed by atoms with Gasteiger partial charge in [-0.15, -0.1) is 11.3 Å². The molecule has 0 atom stereocenters. The molecule has 2 aromatic rings. The third kappa shape index (κ3) is 5.04. The van der Waals surface area contributed by atoms with Gasteiger partial charge < -0.3 is 4.90 Å². The normalized spacial score (nSPS) is 16.5. The van der Waals surface area contributed by atoms with Crippen LogP contribution >= 0.6 is 33.9 Å². The Kier molecular flexibility index (Phi) is 6.35. The number of benzene rings is 1. The minimum absolute atomic E-state index is 0.110. The van der Waals surface area contributed by atoms with Crippen molar-refractivity contribution in [1.82, 2.24) is 14.8 Å². The molecule has 1 fully saturated rings. The van der Waals surface area contributed by atoms with E-state index in [4.69, 9.17) is 4.98 Å². The highest BCUT2D eigenvalue weighted by Gasteiger charge is 2.22. The third-order valence-corrected chi connectivity index (χ3v) is 6.58. The molecular formula is C20H26IN3OS. The van der Waals surface area contributed by atoms with Crippen molar-refractivity contribution in [1.29, 1.82) is 0 Å². The molecule has 0 unspecified atom stereocenters. The lowest BCUT2D eigenvalue weighted by Crippen LogP contribution is -2.35. The molecule has 0 saturated carbocycles. The fourth-order valence-corrected chi connectivity index (χ4v) is 4.32. The Bertz CT molecular complexity index is 751. The number of carbonyl (C=O) groups is 1. The number of carbonyl (C=O) groups excluding carboxylic acids is 1. The second-order valence-electron chi connectivity index (χ2n) is 7.82.